The van der Waals surface area contributed by atoms with Crippen molar-refractivity contribution in [2.45, 2.75) is 45.6 Å². The van der Waals surface area contributed by atoms with E-state index in [0.717, 1.165) is 25.7 Å². The summed E-state index contributed by atoms with van der Waals surface area (Å²) in [5, 5.41) is 14.4. The molecule has 0 spiro atoms. The Morgan fingerprint density at radius 1 is 1.27 bits per heavy atom. The Morgan fingerprint density at radius 2 is 1.97 bits per heavy atom. The summed E-state index contributed by atoms with van der Waals surface area (Å²) in [6.07, 6.45) is 7.43. The number of esters is 1. The van der Waals surface area contributed by atoms with Gasteiger partial charge in [0.15, 0.2) is 6.61 Å². The first-order valence-electron chi connectivity index (χ1n) is 9.85. The van der Waals surface area contributed by atoms with Gasteiger partial charge in [0.05, 0.1) is 0 Å². The molecule has 2 aromatic heterocycles. The van der Waals surface area contributed by atoms with E-state index in [0.29, 0.717) is 5.92 Å². The molecule has 2 aromatic rings. The number of carbonyl (C=O) groups excluding carboxylic acids is 3. The number of hydrogen-bond donors (Lipinski definition) is 2. The third kappa shape index (κ3) is 4.71. The van der Waals surface area contributed by atoms with Crippen LogP contribution in [0, 0.1) is 24.2 Å². The molecule has 2 heterocycles. The van der Waals surface area contributed by atoms with Gasteiger partial charge in [-0.3, -0.25) is 14.7 Å². The Hall–Kier alpha value is -3.54. The fourth-order valence-electron chi connectivity index (χ4n) is 3.63. The number of furan rings is 1. The molecule has 30 heavy (non-hydrogen) atoms. The van der Waals surface area contributed by atoms with Crippen LogP contribution in [0.1, 0.15) is 54.3 Å². The maximum Gasteiger partial charge on any atom is 0.343 e. The molecule has 1 fully saturated rings. The summed E-state index contributed by atoms with van der Waals surface area (Å²) in [4.78, 5) is 36.5. The number of nitrogens with one attached hydrogen (secondary N) is 2. The molecule has 1 saturated carbocycles. The fraction of sp³-hybridized carbons (Fsp3) is 0.429. The minimum absolute atomic E-state index is 0.0122. The molecule has 1 aliphatic rings. The number of rotatable bonds is 5. The summed E-state index contributed by atoms with van der Waals surface area (Å²) < 4.78 is 12.1. The number of ether oxygens (including phenoxy) is 1. The smallest absolute Gasteiger partial charge is 0.343 e. The number of nitriles is 1. The van der Waals surface area contributed by atoms with Crippen molar-refractivity contribution in [1.82, 2.24) is 15.2 Å². The van der Waals surface area contributed by atoms with Gasteiger partial charge >= 0.3 is 12.0 Å². The van der Waals surface area contributed by atoms with Gasteiger partial charge in [0.25, 0.3) is 5.91 Å². The molecule has 0 unspecified atom stereocenters. The second kappa shape index (κ2) is 9.31. The maximum absolute atomic E-state index is 12.5. The highest BCUT2D eigenvalue weighted by molar-refractivity contribution is 5.98. The van der Waals surface area contributed by atoms with E-state index >= 15 is 0 Å². The van der Waals surface area contributed by atoms with Crippen LogP contribution in [0.3, 0.4) is 0 Å². The van der Waals surface area contributed by atoms with Gasteiger partial charge in [-0.05, 0) is 37.8 Å². The predicted molar refractivity (Wildman–Crippen MR) is 106 cm³/mol. The zero-order valence-electron chi connectivity index (χ0n) is 16.9. The Bertz CT molecular complexity index is 970. The second-order valence-corrected chi connectivity index (χ2v) is 7.38. The molecule has 0 aromatic carbocycles. The zero-order valence-corrected chi connectivity index (χ0v) is 16.9. The Kier molecular flexibility index (Phi) is 6.57. The number of aromatic nitrogens is 1. The van der Waals surface area contributed by atoms with E-state index in [9.17, 15) is 19.6 Å². The van der Waals surface area contributed by atoms with Crippen LogP contribution in [0.2, 0.25) is 0 Å². The molecule has 3 rings (SSSR count). The van der Waals surface area contributed by atoms with Gasteiger partial charge in [0.1, 0.15) is 23.0 Å². The first-order valence-corrected chi connectivity index (χ1v) is 9.85. The van der Waals surface area contributed by atoms with Gasteiger partial charge in [-0.2, -0.15) is 5.26 Å². The third-order valence-corrected chi connectivity index (χ3v) is 5.24. The van der Waals surface area contributed by atoms with Crippen molar-refractivity contribution in [3.63, 3.8) is 0 Å². The van der Waals surface area contributed by atoms with E-state index in [-0.39, 0.29) is 28.8 Å². The van der Waals surface area contributed by atoms with Crippen molar-refractivity contribution in [1.29, 1.82) is 5.26 Å². The summed E-state index contributed by atoms with van der Waals surface area (Å²) in [5.41, 5.74) is -0.0346. The number of carbonyl (C=O) groups is 3. The molecule has 9 nitrogen and oxygen atoms in total. The standard InChI is InChI=1S/C21H24N4O5/c1-13-7-3-4-8-16(13)23-21(28)24-17(26)12-29-20(27)18-14(2)30-19(15(18)11-22)25-9-5-6-10-25/h5-6,9-10,13,16H,3-4,7-8,12H2,1-2H3,(H2,23,24,26,28)/t13-,16+/m0/s1. The van der Waals surface area contributed by atoms with Crippen molar-refractivity contribution in [3.8, 4) is 12.0 Å². The van der Waals surface area contributed by atoms with E-state index in [2.05, 4.69) is 17.6 Å². The van der Waals surface area contributed by atoms with Crippen molar-refractivity contribution < 1.29 is 23.5 Å². The second-order valence-electron chi connectivity index (χ2n) is 7.38. The minimum atomic E-state index is -0.873. The van der Waals surface area contributed by atoms with Crippen LogP contribution in [-0.2, 0) is 9.53 Å². The Balaban J connectivity index is 1.57. The summed E-state index contributed by atoms with van der Waals surface area (Å²) in [7, 11) is 0. The largest absolute Gasteiger partial charge is 0.452 e. The summed E-state index contributed by atoms with van der Waals surface area (Å²) >= 11 is 0. The topological polar surface area (TPSA) is 126 Å². The molecule has 0 saturated heterocycles. The lowest BCUT2D eigenvalue weighted by Gasteiger charge is -2.29. The molecule has 2 N–H and O–H groups in total. The van der Waals surface area contributed by atoms with E-state index < -0.39 is 24.5 Å². The molecule has 0 aliphatic heterocycles. The van der Waals surface area contributed by atoms with E-state index in [4.69, 9.17) is 9.15 Å². The lowest BCUT2D eigenvalue weighted by molar-refractivity contribution is -0.123. The highest BCUT2D eigenvalue weighted by Crippen LogP contribution is 2.26. The molecule has 158 valence electrons. The van der Waals surface area contributed by atoms with Gasteiger partial charge in [-0.25, -0.2) is 9.59 Å². The van der Waals surface area contributed by atoms with Crippen LogP contribution < -0.4 is 10.6 Å². The van der Waals surface area contributed by atoms with Gasteiger partial charge in [0.2, 0.25) is 5.88 Å². The van der Waals surface area contributed by atoms with Crippen molar-refractivity contribution in [3.05, 3.63) is 41.4 Å². The quantitative estimate of drug-likeness (QED) is 0.727. The highest BCUT2D eigenvalue weighted by Gasteiger charge is 2.27. The van der Waals surface area contributed by atoms with Crippen molar-refractivity contribution in [2.24, 2.45) is 5.92 Å². The molecule has 3 amide bonds. The first kappa shape index (κ1) is 21.2. The summed E-state index contributed by atoms with van der Waals surface area (Å²) in [5.74, 6) is -0.889. The van der Waals surface area contributed by atoms with Crippen molar-refractivity contribution >= 4 is 17.9 Å². The normalized spacial score (nSPS) is 18.3. The number of amides is 3. The van der Waals surface area contributed by atoms with Crippen LogP contribution in [0.25, 0.3) is 5.88 Å². The molecule has 0 bridgehead atoms. The van der Waals surface area contributed by atoms with Gasteiger partial charge in [-0.15, -0.1) is 0 Å². The number of aryl methyl sites for hydroxylation is 1. The maximum atomic E-state index is 12.5. The van der Waals surface area contributed by atoms with Gasteiger partial charge in [0, 0.05) is 18.4 Å². The summed E-state index contributed by atoms with van der Waals surface area (Å²) in [6, 6.07) is 4.86. The highest BCUT2D eigenvalue weighted by atomic mass is 16.5. The molecule has 2 atom stereocenters. The molecule has 9 heteroatoms. The van der Waals surface area contributed by atoms with E-state index in [1.165, 1.54) is 6.92 Å². The number of imide groups is 1. The molecule has 1 aliphatic carbocycles. The van der Waals surface area contributed by atoms with E-state index in [1.54, 1.807) is 29.1 Å². The summed E-state index contributed by atoms with van der Waals surface area (Å²) in [6.45, 7) is 2.94. The van der Waals surface area contributed by atoms with Crippen LogP contribution in [-0.4, -0.2) is 35.1 Å². The number of hydrogen-bond acceptors (Lipinski definition) is 6. The average molecular weight is 412 g/mol. The fourth-order valence-corrected chi connectivity index (χ4v) is 3.63. The zero-order chi connectivity index (χ0) is 21.7. The Morgan fingerprint density at radius 3 is 2.63 bits per heavy atom. The molecular weight excluding hydrogens is 388 g/mol. The third-order valence-electron chi connectivity index (χ3n) is 5.24. The van der Waals surface area contributed by atoms with Crippen molar-refractivity contribution in [2.75, 3.05) is 6.61 Å². The lowest BCUT2D eigenvalue weighted by Crippen LogP contribution is -2.48. The van der Waals surface area contributed by atoms with Gasteiger partial charge < -0.3 is 14.5 Å². The Labute approximate surface area is 174 Å². The van der Waals surface area contributed by atoms with Crippen LogP contribution >= 0.6 is 0 Å². The SMILES string of the molecule is Cc1oc(-n2cccc2)c(C#N)c1C(=O)OCC(=O)NC(=O)N[C@@H]1CCCC[C@@H]1C. The van der Waals surface area contributed by atoms with E-state index in [1.807, 2.05) is 6.07 Å². The predicted octanol–water partition coefficient (Wildman–Crippen LogP) is 2.81. The monoisotopic (exact) mass is 412 g/mol. The van der Waals surface area contributed by atoms with Crippen LogP contribution in [0.5, 0.6) is 0 Å². The van der Waals surface area contributed by atoms with Crippen LogP contribution in [0.15, 0.2) is 28.9 Å². The number of nitrogens with zero attached hydrogens (tertiary/aromatic N) is 2. The molecular formula is C21H24N4O5. The minimum Gasteiger partial charge on any atom is -0.452 e. The van der Waals surface area contributed by atoms with Crippen LogP contribution in [0.4, 0.5) is 4.79 Å². The number of urea groups is 1. The lowest BCUT2D eigenvalue weighted by atomic mass is 9.86. The first-order chi connectivity index (χ1) is 14.4. The van der Waals surface area contributed by atoms with Gasteiger partial charge in [-0.1, -0.05) is 19.8 Å². The molecule has 0 radical (unpaired) electrons. The average Bonchev–Trinajstić information content (AvgIpc) is 3.35.